The Bertz CT molecular complexity index is 561. The largest absolute Gasteiger partial charge is 0.372 e. The highest BCUT2D eigenvalue weighted by Gasteiger charge is 2.12. The van der Waals surface area contributed by atoms with E-state index >= 15 is 0 Å². The molecule has 1 aliphatic rings. The van der Waals surface area contributed by atoms with Crippen molar-refractivity contribution in [2.24, 2.45) is 0 Å². The van der Waals surface area contributed by atoms with Crippen LogP contribution in [0.15, 0.2) is 30.5 Å². The molecule has 1 fully saturated rings. The summed E-state index contributed by atoms with van der Waals surface area (Å²) >= 11 is 1.09. The normalized spacial score (nSPS) is 15.1. The molecular weight excluding hydrogens is 272 g/mol. The van der Waals surface area contributed by atoms with Gasteiger partial charge >= 0.3 is 0 Å². The van der Waals surface area contributed by atoms with E-state index in [9.17, 15) is 4.79 Å². The smallest absolute Gasteiger partial charge is 0.269 e. The molecule has 0 saturated carbocycles. The summed E-state index contributed by atoms with van der Waals surface area (Å²) in [6, 6.07) is 8.00. The van der Waals surface area contributed by atoms with Crippen LogP contribution in [0, 0.1) is 0 Å². The van der Waals surface area contributed by atoms with E-state index in [-0.39, 0.29) is 5.91 Å². The Balaban J connectivity index is 1.65. The fraction of sp³-hybridized carbons (Fsp3) is 0.357. The molecule has 0 spiro atoms. The standard InChI is InChI=1S/C14H16N4OS/c19-14(13-10-15-17-20-13)16-11-4-6-12(7-5-11)18-8-2-1-3-9-18/h4-7,10H,1-3,8-9H2,(H,16,19). The number of carbonyl (C=O) groups excluding carboxylic acids is 1. The molecule has 0 bridgehead atoms. The quantitative estimate of drug-likeness (QED) is 0.943. The van der Waals surface area contributed by atoms with Gasteiger partial charge in [-0.1, -0.05) is 4.49 Å². The van der Waals surface area contributed by atoms with Crippen LogP contribution in [0.2, 0.25) is 0 Å². The maximum atomic E-state index is 11.9. The molecule has 6 heteroatoms. The molecule has 2 heterocycles. The second-order valence-electron chi connectivity index (χ2n) is 4.83. The van der Waals surface area contributed by atoms with Gasteiger partial charge in [-0.15, -0.1) is 5.10 Å². The van der Waals surface area contributed by atoms with Gasteiger partial charge in [0, 0.05) is 24.5 Å². The highest BCUT2D eigenvalue weighted by molar-refractivity contribution is 7.07. The average molecular weight is 288 g/mol. The number of rotatable bonds is 3. The highest BCUT2D eigenvalue weighted by atomic mass is 32.1. The Hall–Kier alpha value is -1.95. The first-order chi connectivity index (χ1) is 9.83. The van der Waals surface area contributed by atoms with Gasteiger partial charge in [0.15, 0.2) is 0 Å². The third-order valence-electron chi connectivity index (χ3n) is 3.43. The van der Waals surface area contributed by atoms with E-state index in [1.165, 1.54) is 31.1 Å². The number of hydrogen-bond donors (Lipinski definition) is 1. The van der Waals surface area contributed by atoms with Crippen LogP contribution in [0.4, 0.5) is 11.4 Å². The second kappa shape index (κ2) is 6.00. The van der Waals surface area contributed by atoms with Crippen molar-refractivity contribution in [1.82, 2.24) is 9.59 Å². The van der Waals surface area contributed by atoms with Gasteiger partial charge < -0.3 is 10.2 Å². The number of carbonyl (C=O) groups is 1. The number of amides is 1. The minimum absolute atomic E-state index is 0.161. The van der Waals surface area contributed by atoms with Crippen molar-refractivity contribution >= 4 is 28.8 Å². The first-order valence-corrected chi connectivity index (χ1v) is 7.54. The van der Waals surface area contributed by atoms with Crippen molar-refractivity contribution in [2.75, 3.05) is 23.3 Å². The highest BCUT2D eigenvalue weighted by Crippen LogP contribution is 2.22. The number of nitrogens with zero attached hydrogens (tertiary/aromatic N) is 3. The van der Waals surface area contributed by atoms with Crippen molar-refractivity contribution in [3.8, 4) is 0 Å². The monoisotopic (exact) mass is 288 g/mol. The van der Waals surface area contributed by atoms with Crippen LogP contribution in [0.5, 0.6) is 0 Å². The average Bonchev–Trinajstić information content (AvgIpc) is 3.03. The molecule has 1 amide bonds. The molecule has 1 saturated heterocycles. The molecule has 1 aromatic heterocycles. The molecule has 20 heavy (non-hydrogen) atoms. The van der Waals surface area contributed by atoms with Crippen LogP contribution in [-0.2, 0) is 0 Å². The van der Waals surface area contributed by atoms with Gasteiger partial charge in [-0.2, -0.15) is 0 Å². The van der Waals surface area contributed by atoms with Crippen LogP contribution in [-0.4, -0.2) is 28.6 Å². The van der Waals surface area contributed by atoms with E-state index in [1.54, 1.807) is 0 Å². The summed E-state index contributed by atoms with van der Waals surface area (Å²) in [6.07, 6.45) is 5.32. The number of piperidine rings is 1. The molecule has 1 N–H and O–H groups in total. The van der Waals surface area contributed by atoms with Gasteiger partial charge in [0.05, 0.1) is 6.20 Å². The van der Waals surface area contributed by atoms with E-state index < -0.39 is 0 Å². The molecule has 1 aromatic carbocycles. The summed E-state index contributed by atoms with van der Waals surface area (Å²) in [4.78, 5) is 14.8. The Morgan fingerprint density at radius 1 is 1.15 bits per heavy atom. The molecule has 5 nitrogen and oxygen atoms in total. The van der Waals surface area contributed by atoms with Gasteiger partial charge in [-0.3, -0.25) is 4.79 Å². The van der Waals surface area contributed by atoms with Crippen LogP contribution >= 0.6 is 11.5 Å². The van der Waals surface area contributed by atoms with Gasteiger partial charge in [-0.05, 0) is 55.1 Å². The Morgan fingerprint density at radius 2 is 1.90 bits per heavy atom. The number of nitrogens with one attached hydrogen (secondary N) is 1. The first kappa shape index (κ1) is 13.1. The van der Waals surface area contributed by atoms with Crippen molar-refractivity contribution in [3.63, 3.8) is 0 Å². The molecular formula is C14H16N4OS. The van der Waals surface area contributed by atoms with E-state index in [4.69, 9.17) is 0 Å². The Kier molecular flexibility index (Phi) is 3.92. The number of benzene rings is 1. The topological polar surface area (TPSA) is 58.1 Å². The second-order valence-corrected chi connectivity index (χ2v) is 5.62. The lowest BCUT2D eigenvalue weighted by molar-refractivity contribution is 0.103. The molecule has 0 atom stereocenters. The van der Waals surface area contributed by atoms with Gasteiger partial charge in [0.2, 0.25) is 0 Å². The number of anilines is 2. The summed E-state index contributed by atoms with van der Waals surface area (Å²) in [5, 5.41) is 6.51. The SMILES string of the molecule is O=C(Nc1ccc(N2CCCCC2)cc1)c1cnns1. The summed E-state index contributed by atoms with van der Waals surface area (Å²) in [5.41, 5.74) is 2.02. The van der Waals surface area contributed by atoms with Crippen molar-refractivity contribution < 1.29 is 4.79 Å². The predicted molar refractivity (Wildman–Crippen MR) is 80.4 cm³/mol. The fourth-order valence-corrected chi connectivity index (χ4v) is 2.78. The van der Waals surface area contributed by atoms with Gasteiger partial charge in [0.25, 0.3) is 5.91 Å². The predicted octanol–water partition coefficient (Wildman–Crippen LogP) is 2.78. The van der Waals surface area contributed by atoms with Crippen molar-refractivity contribution in [1.29, 1.82) is 0 Å². The Labute approximate surface area is 121 Å². The van der Waals surface area contributed by atoms with Crippen LogP contribution in [0.3, 0.4) is 0 Å². The minimum Gasteiger partial charge on any atom is -0.372 e. The summed E-state index contributed by atoms with van der Waals surface area (Å²) < 4.78 is 3.68. The van der Waals surface area contributed by atoms with Crippen LogP contribution in [0.25, 0.3) is 0 Å². The number of aromatic nitrogens is 2. The zero-order valence-electron chi connectivity index (χ0n) is 11.1. The first-order valence-electron chi connectivity index (χ1n) is 6.77. The van der Waals surface area contributed by atoms with Crippen LogP contribution < -0.4 is 10.2 Å². The zero-order chi connectivity index (χ0) is 13.8. The Morgan fingerprint density at radius 3 is 2.55 bits per heavy atom. The summed E-state index contributed by atoms with van der Waals surface area (Å²) in [6.45, 7) is 2.25. The van der Waals surface area contributed by atoms with E-state index in [0.29, 0.717) is 4.88 Å². The van der Waals surface area contributed by atoms with E-state index in [2.05, 4.69) is 31.9 Å². The lowest BCUT2D eigenvalue weighted by atomic mass is 10.1. The lowest BCUT2D eigenvalue weighted by Gasteiger charge is -2.28. The molecule has 104 valence electrons. The summed E-state index contributed by atoms with van der Waals surface area (Å²) in [5.74, 6) is -0.161. The molecule has 3 rings (SSSR count). The molecule has 0 radical (unpaired) electrons. The zero-order valence-corrected chi connectivity index (χ0v) is 11.9. The third-order valence-corrected chi connectivity index (χ3v) is 4.09. The lowest BCUT2D eigenvalue weighted by Crippen LogP contribution is -2.29. The minimum atomic E-state index is -0.161. The molecule has 1 aliphatic heterocycles. The summed E-state index contributed by atoms with van der Waals surface area (Å²) in [7, 11) is 0. The molecule has 0 aliphatic carbocycles. The molecule has 2 aromatic rings. The van der Waals surface area contributed by atoms with Crippen LogP contribution in [0.1, 0.15) is 28.9 Å². The maximum absolute atomic E-state index is 11.9. The van der Waals surface area contributed by atoms with Crippen molar-refractivity contribution in [3.05, 3.63) is 35.3 Å². The van der Waals surface area contributed by atoms with E-state index in [1.807, 2.05) is 12.1 Å². The molecule has 0 unspecified atom stereocenters. The number of hydrogen-bond acceptors (Lipinski definition) is 5. The van der Waals surface area contributed by atoms with Gasteiger partial charge in [0.1, 0.15) is 4.88 Å². The van der Waals surface area contributed by atoms with Gasteiger partial charge in [-0.25, -0.2) is 0 Å². The third kappa shape index (κ3) is 2.96. The fourth-order valence-electron chi connectivity index (χ4n) is 2.37. The van der Waals surface area contributed by atoms with Crippen molar-refractivity contribution in [2.45, 2.75) is 19.3 Å². The maximum Gasteiger partial charge on any atom is 0.269 e. The van der Waals surface area contributed by atoms with E-state index in [0.717, 1.165) is 30.3 Å².